The van der Waals surface area contributed by atoms with Crippen molar-refractivity contribution in [2.24, 2.45) is 5.92 Å². The molecule has 2 heterocycles. The summed E-state index contributed by atoms with van der Waals surface area (Å²) >= 11 is 0. The predicted octanol–water partition coefficient (Wildman–Crippen LogP) is 2.85. The van der Waals surface area contributed by atoms with Crippen molar-refractivity contribution in [2.75, 3.05) is 43.1 Å². The lowest BCUT2D eigenvalue weighted by Crippen LogP contribution is -2.39. The molecule has 1 fully saturated rings. The number of rotatable bonds is 3. The van der Waals surface area contributed by atoms with E-state index in [-0.39, 0.29) is 11.9 Å². The van der Waals surface area contributed by atoms with Crippen LogP contribution in [0.25, 0.3) is 0 Å². The van der Waals surface area contributed by atoms with E-state index in [9.17, 15) is 4.79 Å². The summed E-state index contributed by atoms with van der Waals surface area (Å²) in [5.41, 5.74) is 4.04. The molecule has 4 nitrogen and oxygen atoms in total. The highest BCUT2D eigenvalue weighted by atomic mass is 16.5. The van der Waals surface area contributed by atoms with Gasteiger partial charge < -0.3 is 14.5 Å². The number of piperidine rings is 1. The fourth-order valence-electron chi connectivity index (χ4n) is 3.63. The zero-order chi connectivity index (χ0) is 15.5. The molecule has 2 aliphatic rings. The van der Waals surface area contributed by atoms with Crippen molar-refractivity contribution in [3.63, 3.8) is 0 Å². The van der Waals surface area contributed by atoms with Gasteiger partial charge in [0, 0.05) is 38.1 Å². The largest absolute Gasteiger partial charge is 0.466 e. The van der Waals surface area contributed by atoms with Gasteiger partial charge in [-0.2, -0.15) is 0 Å². The van der Waals surface area contributed by atoms with Gasteiger partial charge in [-0.25, -0.2) is 0 Å². The number of esters is 1. The van der Waals surface area contributed by atoms with Crippen LogP contribution in [0.3, 0.4) is 0 Å². The van der Waals surface area contributed by atoms with Gasteiger partial charge in [0.25, 0.3) is 0 Å². The Morgan fingerprint density at radius 1 is 1.32 bits per heavy atom. The number of aryl methyl sites for hydroxylation is 1. The molecule has 4 heteroatoms. The van der Waals surface area contributed by atoms with Gasteiger partial charge in [0.05, 0.1) is 12.5 Å². The number of hydrogen-bond acceptors (Lipinski definition) is 4. The third kappa shape index (κ3) is 3.06. The van der Waals surface area contributed by atoms with E-state index < -0.39 is 0 Å². The number of ether oxygens (including phenoxy) is 1. The minimum atomic E-state index is -0.0371. The Hall–Kier alpha value is -1.71. The van der Waals surface area contributed by atoms with E-state index in [1.165, 1.54) is 23.4 Å². The maximum atomic E-state index is 12.0. The smallest absolute Gasteiger partial charge is 0.310 e. The van der Waals surface area contributed by atoms with E-state index in [2.05, 4.69) is 35.0 Å². The number of benzene rings is 1. The first-order valence-corrected chi connectivity index (χ1v) is 8.44. The first kappa shape index (κ1) is 15.2. The third-order valence-electron chi connectivity index (χ3n) is 4.82. The lowest BCUT2D eigenvalue weighted by atomic mass is 9.96. The second-order valence-corrected chi connectivity index (χ2v) is 6.38. The van der Waals surface area contributed by atoms with Crippen LogP contribution in [0.15, 0.2) is 18.2 Å². The van der Waals surface area contributed by atoms with Gasteiger partial charge in [0.2, 0.25) is 0 Å². The lowest BCUT2D eigenvalue weighted by molar-refractivity contribution is -0.148. The molecule has 0 aromatic heterocycles. The highest BCUT2D eigenvalue weighted by Gasteiger charge is 2.27. The molecule has 0 N–H and O–H groups in total. The van der Waals surface area contributed by atoms with Gasteiger partial charge in [-0.1, -0.05) is 0 Å². The molecule has 1 saturated heterocycles. The standard InChI is InChI=1S/C18H26N2O2/c1-3-22-18(21)15-7-5-11-20(13-15)16-8-9-17-14(12-16)6-4-10-19(17)2/h8-9,12,15H,3-7,10-11,13H2,1-2H3. The van der Waals surface area contributed by atoms with Crippen molar-refractivity contribution < 1.29 is 9.53 Å². The van der Waals surface area contributed by atoms with E-state index in [0.29, 0.717) is 6.61 Å². The molecule has 0 radical (unpaired) electrons. The number of nitrogens with zero attached hydrogens (tertiary/aromatic N) is 2. The topological polar surface area (TPSA) is 32.8 Å². The molecule has 3 rings (SSSR count). The van der Waals surface area contributed by atoms with Crippen LogP contribution in [0, 0.1) is 5.92 Å². The van der Waals surface area contributed by atoms with Gasteiger partial charge in [0.1, 0.15) is 0 Å². The summed E-state index contributed by atoms with van der Waals surface area (Å²) < 4.78 is 5.20. The molecule has 1 aromatic carbocycles. The number of anilines is 2. The first-order chi connectivity index (χ1) is 10.7. The van der Waals surface area contributed by atoms with Gasteiger partial charge in [-0.15, -0.1) is 0 Å². The molecule has 0 aliphatic carbocycles. The van der Waals surface area contributed by atoms with E-state index in [0.717, 1.165) is 38.9 Å². The van der Waals surface area contributed by atoms with Crippen molar-refractivity contribution in [3.8, 4) is 0 Å². The Labute approximate surface area is 133 Å². The molecule has 120 valence electrons. The molecular weight excluding hydrogens is 276 g/mol. The highest BCUT2D eigenvalue weighted by Crippen LogP contribution is 2.32. The summed E-state index contributed by atoms with van der Waals surface area (Å²) in [7, 11) is 2.16. The molecular formula is C18H26N2O2. The Balaban J connectivity index is 1.75. The normalized spacial score (nSPS) is 21.5. The zero-order valence-electron chi connectivity index (χ0n) is 13.7. The van der Waals surface area contributed by atoms with Crippen LogP contribution in [-0.4, -0.2) is 39.3 Å². The molecule has 0 amide bonds. The number of carbonyl (C=O) groups is 1. The molecule has 22 heavy (non-hydrogen) atoms. The SMILES string of the molecule is CCOC(=O)C1CCCN(c2ccc3c(c2)CCCN3C)C1. The van der Waals surface area contributed by atoms with E-state index in [4.69, 9.17) is 4.74 Å². The Kier molecular flexibility index (Phi) is 4.55. The van der Waals surface area contributed by atoms with Gasteiger partial charge in [-0.05, 0) is 56.4 Å². The molecule has 0 saturated carbocycles. The average Bonchev–Trinajstić information content (AvgIpc) is 2.55. The summed E-state index contributed by atoms with van der Waals surface area (Å²) in [6.45, 7) is 5.30. The summed E-state index contributed by atoms with van der Waals surface area (Å²) in [5.74, 6) is -0.0164. The fraction of sp³-hybridized carbons (Fsp3) is 0.611. The Morgan fingerprint density at radius 3 is 3.00 bits per heavy atom. The van der Waals surface area contributed by atoms with E-state index in [1.54, 1.807) is 0 Å². The molecule has 2 aliphatic heterocycles. The Bertz CT molecular complexity index is 544. The van der Waals surface area contributed by atoms with Crippen LogP contribution >= 0.6 is 0 Å². The minimum absolute atomic E-state index is 0.0207. The predicted molar refractivity (Wildman–Crippen MR) is 89.6 cm³/mol. The fourth-order valence-corrected chi connectivity index (χ4v) is 3.63. The molecule has 1 atom stereocenters. The van der Waals surface area contributed by atoms with Crippen molar-refractivity contribution >= 4 is 17.3 Å². The summed E-state index contributed by atoms with van der Waals surface area (Å²) in [6, 6.07) is 6.75. The van der Waals surface area contributed by atoms with Crippen LogP contribution in [0.2, 0.25) is 0 Å². The summed E-state index contributed by atoms with van der Waals surface area (Å²) in [5, 5.41) is 0. The van der Waals surface area contributed by atoms with Crippen molar-refractivity contribution in [1.82, 2.24) is 0 Å². The Morgan fingerprint density at radius 2 is 2.18 bits per heavy atom. The van der Waals surface area contributed by atoms with Crippen LogP contribution < -0.4 is 9.80 Å². The second kappa shape index (κ2) is 6.59. The van der Waals surface area contributed by atoms with Gasteiger partial charge >= 0.3 is 5.97 Å². The maximum absolute atomic E-state index is 12.0. The molecule has 0 bridgehead atoms. The average molecular weight is 302 g/mol. The van der Waals surface area contributed by atoms with E-state index >= 15 is 0 Å². The second-order valence-electron chi connectivity index (χ2n) is 6.38. The van der Waals surface area contributed by atoms with Crippen LogP contribution in [-0.2, 0) is 16.0 Å². The zero-order valence-corrected chi connectivity index (χ0v) is 13.7. The first-order valence-electron chi connectivity index (χ1n) is 8.44. The minimum Gasteiger partial charge on any atom is -0.466 e. The van der Waals surface area contributed by atoms with Crippen LogP contribution in [0.5, 0.6) is 0 Å². The highest BCUT2D eigenvalue weighted by molar-refractivity contribution is 5.74. The van der Waals surface area contributed by atoms with Gasteiger partial charge in [-0.3, -0.25) is 4.79 Å². The summed E-state index contributed by atoms with van der Waals surface area (Å²) in [4.78, 5) is 16.7. The lowest BCUT2D eigenvalue weighted by Gasteiger charge is -2.35. The quantitative estimate of drug-likeness (QED) is 0.804. The van der Waals surface area contributed by atoms with Crippen molar-refractivity contribution in [2.45, 2.75) is 32.6 Å². The van der Waals surface area contributed by atoms with Gasteiger partial charge in [0.15, 0.2) is 0 Å². The monoisotopic (exact) mass is 302 g/mol. The van der Waals surface area contributed by atoms with Crippen molar-refractivity contribution in [3.05, 3.63) is 23.8 Å². The van der Waals surface area contributed by atoms with Crippen LogP contribution in [0.1, 0.15) is 31.7 Å². The molecule has 1 aromatic rings. The number of hydrogen-bond donors (Lipinski definition) is 0. The third-order valence-corrected chi connectivity index (χ3v) is 4.82. The summed E-state index contributed by atoms with van der Waals surface area (Å²) in [6.07, 6.45) is 4.38. The van der Waals surface area contributed by atoms with E-state index in [1.807, 2.05) is 6.92 Å². The van der Waals surface area contributed by atoms with Crippen molar-refractivity contribution in [1.29, 1.82) is 0 Å². The number of fused-ring (bicyclic) bond motifs is 1. The number of carbonyl (C=O) groups excluding carboxylic acids is 1. The maximum Gasteiger partial charge on any atom is 0.310 e. The molecule has 0 spiro atoms. The molecule has 1 unspecified atom stereocenters. The van der Waals surface area contributed by atoms with Crippen LogP contribution in [0.4, 0.5) is 11.4 Å².